The van der Waals surface area contributed by atoms with Gasteiger partial charge in [-0.25, -0.2) is 9.59 Å². The highest BCUT2D eigenvalue weighted by Crippen LogP contribution is 2.47. The van der Waals surface area contributed by atoms with Gasteiger partial charge in [-0.1, -0.05) is 24.3 Å². The van der Waals surface area contributed by atoms with Crippen molar-refractivity contribution in [1.82, 2.24) is 0 Å². The highest BCUT2D eigenvalue weighted by molar-refractivity contribution is 5.92. The first-order valence-electron chi connectivity index (χ1n) is 7.17. The summed E-state index contributed by atoms with van der Waals surface area (Å²) in [5.74, 6) is -0.801. The van der Waals surface area contributed by atoms with Crippen molar-refractivity contribution in [1.29, 1.82) is 0 Å². The molecule has 5 heteroatoms. The Labute approximate surface area is 127 Å². The molecular formula is C17H14O5. The van der Waals surface area contributed by atoms with Gasteiger partial charge in [0.1, 0.15) is 6.10 Å². The molecule has 0 bridgehead atoms. The average Bonchev–Trinajstić information content (AvgIpc) is 3.10. The topological polar surface area (TPSA) is 61.8 Å². The molecule has 0 unspecified atom stereocenters. The second kappa shape index (κ2) is 4.73. The van der Waals surface area contributed by atoms with E-state index in [0.717, 1.165) is 12.0 Å². The van der Waals surface area contributed by atoms with E-state index in [4.69, 9.17) is 14.2 Å². The van der Waals surface area contributed by atoms with Crippen molar-refractivity contribution in [3.05, 3.63) is 58.9 Å². The standard InChI is InChI=1S/C17H14O5/c1-9-6-14(21-16(9)18)20-8-13-12-7-10-4-2-3-5-11(10)15(12)22-17(13)19/h2-6,8,12,14-15H,7H2,1H3/t12-,14+,15-/m1/s1. The number of fused-ring (bicyclic) bond motifs is 3. The molecule has 2 heterocycles. The lowest BCUT2D eigenvalue weighted by Gasteiger charge is -2.09. The fourth-order valence-corrected chi connectivity index (χ4v) is 3.16. The smallest absolute Gasteiger partial charge is 0.338 e. The molecule has 5 nitrogen and oxygen atoms in total. The van der Waals surface area contributed by atoms with Crippen molar-refractivity contribution in [3.8, 4) is 0 Å². The Hall–Kier alpha value is -2.56. The quantitative estimate of drug-likeness (QED) is 0.476. The number of carbonyl (C=O) groups excluding carboxylic acids is 2. The van der Waals surface area contributed by atoms with Crippen molar-refractivity contribution in [2.24, 2.45) is 5.92 Å². The highest BCUT2D eigenvalue weighted by atomic mass is 16.7. The number of carbonyl (C=O) groups is 2. The molecule has 1 aromatic carbocycles. The number of benzene rings is 1. The number of ether oxygens (including phenoxy) is 3. The summed E-state index contributed by atoms with van der Waals surface area (Å²) < 4.78 is 15.9. The molecule has 0 N–H and O–H groups in total. The first-order chi connectivity index (χ1) is 10.6. The fourth-order valence-electron chi connectivity index (χ4n) is 3.16. The number of hydrogen-bond donors (Lipinski definition) is 0. The van der Waals surface area contributed by atoms with Gasteiger partial charge in [0.25, 0.3) is 6.29 Å². The first-order valence-corrected chi connectivity index (χ1v) is 7.17. The normalized spacial score (nSPS) is 30.7. The minimum Gasteiger partial charge on any atom is -0.458 e. The zero-order valence-corrected chi connectivity index (χ0v) is 11.9. The number of esters is 2. The number of cyclic esters (lactones) is 1. The summed E-state index contributed by atoms with van der Waals surface area (Å²) in [6.45, 7) is 1.66. The van der Waals surface area contributed by atoms with Crippen LogP contribution in [-0.4, -0.2) is 18.2 Å². The van der Waals surface area contributed by atoms with Gasteiger partial charge in [-0.3, -0.25) is 0 Å². The predicted molar refractivity (Wildman–Crippen MR) is 75.3 cm³/mol. The summed E-state index contributed by atoms with van der Waals surface area (Å²) in [6, 6.07) is 7.96. The lowest BCUT2D eigenvalue weighted by Crippen LogP contribution is -2.11. The minimum absolute atomic E-state index is 0.0351. The van der Waals surface area contributed by atoms with Crippen LogP contribution in [0.3, 0.4) is 0 Å². The molecule has 1 saturated heterocycles. The Morgan fingerprint density at radius 3 is 2.77 bits per heavy atom. The Morgan fingerprint density at radius 1 is 1.18 bits per heavy atom. The van der Waals surface area contributed by atoms with Gasteiger partial charge < -0.3 is 14.2 Å². The molecule has 4 rings (SSSR count). The van der Waals surface area contributed by atoms with Crippen LogP contribution in [0, 0.1) is 5.92 Å². The van der Waals surface area contributed by atoms with Crippen LogP contribution >= 0.6 is 0 Å². The van der Waals surface area contributed by atoms with Gasteiger partial charge in [0.2, 0.25) is 0 Å². The third-order valence-electron chi connectivity index (χ3n) is 4.30. The number of rotatable bonds is 2. The van der Waals surface area contributed by atoms with Gasteiger partial charge in [0, 0.05) is 17.6 Å². The van der Waals surface area contributed by atoms with E-state index in [1.807, 2.05) is 24.3 Å². The molecule has 3 atom stereocenters. The first kappa shape index (κ1) is 13.1. The molecule has 0 spiro atoms. The summed E-state index contributed by atoms with van der Waals surface area (Å²) in [7, 11) is 0. The highest BCUT2D eigenvalue weighted by Gasteiger charge is 2.46. The fraction of sp³-hybridized carbons (Fsp3) is 0.294. The van der Waals surface area contributed by atoms with Gasteiger partial charge in [-0.2, -0.15) is 0 Å². The zero-order chi connectivity index (χ0) is 15.3. The third kappa shape index (κ3) is 1.93. The summed E-state index contributed by atoms with van der Waals surface area (Å²) in [5.41, 5.74) is 3.25. The molecule has 0 radical (unpaired) electrons. The van der Waals surface area contributed by atoms with Crippen LogP contribution in [0.4, 0.5) is 0 Å². The molecule has 0 aromatic heterocycles. The number of hydrogen-bond acceptors (Lipinski definition) is 5. The Bertz CT molecular complexity index is 730. The van der Waals surface area contributed by atoms with E-state index >= 15 is 0 Å². The van der Waals surface area contributed by atoms with Crippen molar-refractivity contribution in [2.45, 2.75) is 25.7 Å². The average molecular weight is 298 g/mol. The molecule has 0 amide bonds. The largest absolute Gasteiger partial charge is 0.458 e. The molecule has 112 valence electrons. The second-order valence-electron chi connectivity index (χ2n) is 5.67. The predicted octanol–water partition coefficient (Wildman–Crippen LogP) is 2.19. The van der Waals surface area contributed by atoms with E-state index in [1.165, 1.54) is 11.8 Å². The maximum Gasteiger partial charge on any atom is 0.338 e. The van der Waals surface area contributed by atoms with Gasteiger partial charge in [-0.05, 0) is 24.5 Å². The molecule has 0 saturated carbocycles. The van der Waals surface area contributed by atoms with Crippen LogP contribution in [0.25, 0.3) is 0 Å². The maximum absolute atomic E-state index is 12.0. The van der Waals surface area contributed by atoms with E-state index in [0.29, 0.717) is 11.1 Å². The maximum atomic E-state index is 12.0. The third-order valence-corrected chi connectivity index (χ3v) is 4.30. The van der Waals surface area contributed by atoms with E-state index in [2.05, 4.69) is 0 Å². The molecule has 1 aliphatic carbocycles. The van der Waals surface area contributed by atoms with Gasteiger partial charge in [0.05, 0.1) is 11.8 Å². The minimum atomic E-state index is -0.768. The molecule has 1 fully saturated rings. The molecular weight excluding hydrogens is 284 g/mol. The molecule has 1 aromatic rings. The van der Waals surface area contributed by atoms with Crippen LogP contribution in [0.1, 0.15) is 24.2 Å². The van der Waals surface area contributed by atoms with Crippen molar-refractivity contribution >= 4 is 11.9 Å². The molecule has 2 aliphatic heterocycles. The summed E-state index contributed by atoms with van der Waals surface area (Å²) in [6.07, 6.45) is 2.71. The van der Waals surface area contributed by atoms with E-state index < -0.39 is 12.3 Å². The van der Waals surface area contributed by atoms with Gasteiger partial charge in [-0.15, -0.1) is 0 Å². The van der Waals surface area contributed by atoms with Crippen molar-refractivity contribution < 1.29 is 23.8 Å². The lowest BCUT2D eigenvalue weighted by molar-refractivity contribution is -0.152. The molecule has 3 aliphatic rings. The Balaban J connectivity index is 1.55. The summed E-state index contributed by atoms with van der Waals surface area (Å²) in [4.78, 5) is 23.3. The van der Waals surface area contributed by atoms with Crippen LogP contribution in [-0.2, 0) is 30.2 Å². The SMILES string of the molecule is CC1=C[C@@H](OC=C2C(=O)O[C@@H]3c4ccccc4C[C@H]23)OC1=O. The molecule has 22 heavy (non-hydrogen) atoms. The van der Waals surface area contributed by atoms with Crippen LogP contribution < -0.4 is 0 Å². The summed E-state index contributed by atoms with van der Waals surface area (Å²) >= 11 is 0. The van der Waals surface area contributed by atoms with Crippen LogP contribution in [0.15, 0.2) is 47.7 Å². The Morgan fingerprint density at radius 2 is 2.00 bits per heavy atom. The lowest BCUT2D eigenvalue weighted by atomic mass is 9.98. The van der Waals surface area contributed by atoms with Crippen molar-refractivity contribution in [2.75, 3.05) is 0 Å². The van der Waals surface area contributed by atoms with Crippen LogP contribution in [0.2, 0.25) is 0 Å². The summed E-state index contributed by atoms with van der Waals surface area (Å²) in [5, 5.41) is 0. The van der Waals surface area contributed by atoms with Gasteiger partial charge in [0.15, 0.2) is 0 Å². The van der Waals surface area contributed by atoms with E-state index in [9.17, 15) is 9.59 Å². The van der Waals surface area contributed by atoms with Crippen molar-refractivity contribution in [3.63, 3.8) is 0 Å². The Kier molecular flexibility index (Phi) is 2.82. The zero-order valence-electron chi connectivity index (χ0n) is 11.9. The van der Waals surface area contributed by atoms with E-state index in [1.54, 1.807) is 13.0 Å². The van der Waals surface area contributed by atoms with E-state index in [-0.39, 0.29) is 18.0 Å². The van der Waals surface area contributed by atoms with Gasteiger partial charge >= 0.3 is 11.9 Å². The van der Waals surface area contributed by atoms with Crippen LogP contribution in [0.5, 0.6) is 0 Å². The monoisotopic (exact) mass is 298 g/mol. The second-order valence-corrected chi connectivity index (χ2v) is 5.67.